The number of alkyl halides is 3. The van der Waals surface area contributed by atoms with Crippen molar-refractivity contribution in [3.63, 3.8) is 0 Å². The fraction of sp³-hybridized carbons (Fsp3) is 0.429. The number of hydrogen-bond acceptors (Lipinski definition) is 5. The summed E-state index contributed by atoms with van der Waals surface area (Å²) in [6, 6.07) is 6.40. The normalized spacial score (nSPS) is 16.9. The van der Waals surface area contributed by atoms with Crippen molar-refractivity contribution in [3.05, 3.63) is 46.2 Å². The molecule has 0 bridgehead atoms. The molecular formula is C21H21F3N2O4S. The summed E-state index contributed by atoms with van der Waals surface area (Å²) in [5.41, 5.74) is 0.400. The molecule has 1 saturated carbocycles. The van der Waals surface area contributed by atoms with Crippen molar-refractivity contribution < 1.29 is 32.2 Å². The van der Waals surface area contributed by atoms with E-state index in [1.165, 1.54) is 6.07 Å². The first-order valence-electron chi connectivity index (χ1n) is 9.93. The maximum atomic E-state index is 13.5. The third-order valence-corrected chi connectivity index (χ3v) is 6.29. The number of carbonyl (C=O) groups excluding carboxylic acids is 2. The van der Waals surface area contributed by atoms with Gasteiger partial charge >= 0.3 is 12.1 Å². The second-order valence-corrected chi connectivity index (χ2v) is 8.51. The van der Waals surface area contributed by atoms with Crippen LogP contribution in [-0.2, 0) is 16.1 Å². The largest absolute Gasteiger partial charge is 0.471 e. The second kappa shape index (κ2) is 8.78. The van der Waals surface area contributed by atoms with E-state index in [0.29, 0.717) is 26.8 Å². The lowest BCUT2D eigenvalue weighted by Gasteiger charge is -2.32. The summed E-state index contributed by atoms with van der Waals surface area (Å²) in [4.78, 5) is 26.5. The van der Waals surface area contributed by atoms with E-state index < -0.39 is 30.6 Å². The highest BCUT2D eigenvalue weighted by Crippen LogP contribution is 2.36. The topological polar surface area (TPSA) is 67.9 Å². The molecule has 0 radical (unpaired) electrons. The lowest BCUT2D eigenvalue weighted by Crippen LogP contribution is -2.49. The molecule has 4 rings (SSSR count). The maximum absolute atomic E-state index is 13.5. The van der Waals surface area contributed by atoms with Gasteiger partial charge in [-0.05, 0) is 42.0 Å². The van der Waals surface area contributed by atoms with Gasteiger partial charge in [0.15, 0.2) is 11.5 Å². The standard InChI is InChI=1S/C21H21F3N2O4S/c22-21(23,24)20(28)26(11-13-7-8-15-16(10-13)30-12-29-15)18(17-6-3-9-31-17)19(27)25-14-4-1-2-5-14/h3,6-10,14,18H,1-2,4-5,11-12H2,(H,25,27)/t18-/m0/s1. The molecule has 1 aromatic heterocycles. The van der Waals surface area contributed by atoms with E-state index in [1.807, 2.05) is 0 Å². The van der Waals surface area contributed by atoms with E-state index in [0.717, 1.165) is 37.0 Å². The average Bonchev–Trinajstić information content (AvgIpc) is 3.48. The van der Waals surface area contributed by atoms with Crippen molar-refractivity contribution in [1.82, 2.24) is 10.2 Å². The van der Waals surface area contributed by atoms with E-state index in [1.54, 1.807) is 29.6 Å². The molecule has 10 heteroatoms. The molecule has 1 N–H and O–H groups in total. The number of halogens is 3. The molecule has 0 unspecified atom stereocenters. The monoisotopic (exact) mass is 454 g/mol. The van der Waals surface area contributed by atoms with E-state index >= 15 is 0 Å². The number of benzene rings is 1. The summed E-state index contributed by atoms with van der Waals surface area (Å²) >= 11 is 1.14. The first-order valence-corrected chi connectivity index (χ1v) is 10.8. The van der Waals surface area contributed by atoms with Crippen LogP contribution in [0.1, 0.15) is 42.2 Å². The number of amides is 2. The van der Waals surface area contributed by atoms with Crippen molar-refractivity contribution in [3.8, 4) is 11.5 Å². The fourth-order valence-corrected chi connectivity index (χ4v) is 4.74. The van der Waals surface area contributed by atoms with Crippen molar-refractivity contribution in [2.75, 3.05) is 6.79 Å². The van der Waals surface area contributed by atoms with Gasteiger partial charge in [0.1, 0.15) is 6.04 Å². The Balaban J connectivity index is 1.67. The van der Waals surface area contributed by atoms with Crippen LogP contribution in [0.3, 0.4) is 0 Å². The summed E-state index contributed by atoms with van der Waals surface area (Å²) in [5, 5.41) is 4.51. The highest BCUT2D eigenvalue weighted by molar-refractivity contribution is 7.10. The zero-order chi connectivity index (χ0) is 22.0. The fourth-order valence-electron chi connectivity index (χ4n) is 3.90. The maximum Gasteiger partial charge on any atom is 0.471 e. The molecule has 166 valence electrons. The summed E-state index contributed by atoms with van der Waals surface area (Å²) in [6.45, 7) is -0.388. The summed E-state index contributed by atoms with van der Waals surface area (Å²) in [6.07, 6.45) is -1.66. The lowest BCUT2D eigenvalue weighted by molar-refractivity contribution is -0.189. The van der Waals surface area contributed by atoms with E-state index in [-0.39, 0.29) is 12.8 Å². The molecule has 2 aliphatic rings. The quantitative estimate of drug-likeness (QED) is 0.712. The minimum atomic E-state index is -5.13. The molecule has 2 amide bonds. The minimum Gasteiger partial charge on any atom is -0.454 e. The number of fused-ring (bicyclic) bond motifs is 1. The van der Waals surface area contributed by atoms with Gasteiger partial charge in [0.25, 0.3) is 0 Å². The van der Waals surface area contributed by atoms with Gasteiger partial charge in [0, 0.05) is 17.5 Å². The number of ether oxygens (including phenoxy) is 2. The van der Waals surface area contributed by atoms with Gasteiger partial charge in [-0.2, -0.15) is 13.2 Å². The molecule has 0 spiro atoms. The smallest absolute Gasteiger partial charge is 0.454 e. The van der Waals surface area contributed by atoms with Crippen LogP contribution < -0.4 is 14.8 Å². The molecule has 1 aliphatic carbocycles. The number of rotatable bonds is 6. The molecule has 2 heterocycles. The zero-order valence-electron chi connectivity index (χ0n) is 16.5. The molecule has 2 aromatic rings. The van der Waals surface area contributed by atoms with Crippen LogP contribution in [0.15, 0.2) is 35.7 Å². The van der Waals surface area contributed by atoms with E-state index in [2.05, 4.69) is 5.32 Å². The Hall–Kier alpha value is -2.75. The molecule has 1 aliphatic heterocycles. The van der Waals surface area contributed by atoms with Crippen LogP contribution in [-0.4, -0.2) is 35.7 Å². The summed E-state index contributed by atoms with van der Waals surface area (Å²) in [5.74, 6) is -1.80. The highest BCUT2D eigenvalue weighted by atomic mass is 32.1. The van der Waals surface area contributed by atoms with Crippen LogP contribution >= 0.6 is 11.3 Å². The van der Waals surface area contributed by atoms with Crippen LogP contribution in [0.25, 0.3) is 0 Å². The Kier molecular flexibility index (Phi) is 6.08. The first kappa shape index (κ1) is 21.5. The van der Waals surface area contributed by atoms with Crippen LogP contribution in [0.5, 0.6) is 11.5 Å². The van der Waals surface area contributed by atoms with Gasteiger partial charge in [-0.3, -0.25) is 9.59 Å². The van der Waals surface area contributed by atoms with E-state index in [9.17, 15) is 22.8 Å². The van der Waals surface area contributed by atoms with Crippen LogP contribution in [0.4, 0.5) is 13.2 Å². The Morgan fingerprint density at radius 3 is 2.58 bits per heavy atom. The Labute approximate surface area is 180 Å². The van der Waals surface area contributed by atoms with Gasteiger partial charge in [-0.25, -0.2) is 0 Å². The van der Waals surface area contributed by atoms with Crippen molar-refractivity contribution >= 4 is 23.2 Å². The number of carbonyl (C=O) groups is 2. The Morgan fingerprint density at radius 1 is 1.16 bits per heavy atom. The van der Waals surface area contributed by atoms with Crippen molar-refractivity contribution in [2.45, 2.75) is 50.5 Å². The van der Waals surface area contributed by atoms with Gasteiger partial charge in [0.05, 0.1) is 0 Å². The van der Waals surface area contributed by atoms with Crippen molar-refractivity contribution in [2.24, 2.45) is 0 Å². The number of nitrogens with one attached hydrogen (secondary N) is 1. The molecule has 6 nitrogen and oxygen atoms in total. The Bertz CT molecular complexity index is 943. The third kappa shape index (κ3) is 4.79. The number of thiophene rings is 1. The molecular weight excluding hydrogens is 433 g/mol. The predicted molar refractivity (Wildman–Crippen MR) is 107 cm³/mol. The first-order chi connectivity index (χ1) is 14.8. The van der Waals surface area contributed by atoms with Crippen molar-refractivity contribution in [1.29, 1.82) is 0 Å². The van der Waals surface area contributed by atoms with Gasteiger partial charge < -0.3 is 19.7 Å². The summed E-state index contributed by atoms with van der Waals surface area (Å²) < 4.78 is 51.1. The molecule has 1 fully saturated rings. The van der Waals surface area contributed by atoms with E-state index in [4.69, 9.17) is 9.47 Å². The molecule has 1 atom stereocenters. The van der Waals surface area contributed by atoms with Gasteiger partial charge in [-0.1, -0.05) is 25.0 Å². The second-order valence-electron chi connectivity index (χ2n) is 7.53. The highest BCUT2D eigenvalue weighted by Gasteiger charge is 2.47. The number of hydrogen-bond donors (Lipinski definition) is 1. The van der Waals surface area contributed by atoms with Gasteiger partial charge in [0.2, 0.25) is 12.7 Å². The van der Waals surface area contributed by atoms with Crippen LogP contribution in [0, 0.1) is 0 Å². The SMILES string of the molecule is O=C(NC1CCCC1)[C@H](c1cccs1)N(Cc1ccc2c(c1)OCO2)C(=O)C(F)(F)F. The molecule has 0 saturated heterocycles. The average molecular weight is 454 g/mol. The predicted octanol–water partition coefficient (Wildman–Crippen LogP) is 4.17. The van der Waals surface area contributed by atoms with Crippen LogP contribution in [0.2, 0.25) is 0 Å². The molecule has 1 aromatic carbocycles. The zero-order valence-corrected chi connectivity index (χ0v) is 17.3. The Morgan fingerprint density at radius 2 is 1.90 bits per heavy atom. The molecule has 31 heavy (non-hydrogen) atoms. The third-order valence-electron chi connectivity index (χ3n) is 5.37. The van der Waals surface area contributed by atoms with Gasteiger partial charge in [-0.15, -0.1) is 11.3 Å². The number of nitrogens with zero attached hydrogens (tertiary/aromatic N) is 1. The minimum absolute atomic E-state index is 0.0194. The lowest BCUT2D eigenvalue weighted by atomic mass is 10.1. The summed E-state index contributed by atoms with van der Waals surface area (Å²) in [7, 11) is 0.